The van der Waals surface area contributed by atoms with Gasteiger partial charge in [0.2, 0.25) is 11.8 Å². The van der Waals surface area contributed by atoms with E-state index in [1.54, 1.807) is 10.9 Å². The van der Waals surface area contributed by atoms with E-state index < -0.39 is 6.10 Å². The molecule has 1 unspecified atom stereocenters. The van der Waals surface area contributed by atoms with E-state index in [1.807, 2.05) is 27.7 Å². The average Bonchev–Trinajstić information content (AvgIpc) is 2.96. The Labute approximate surface area is 158 Å². The number of esters is 1. The molecular formula is C17H27N5O5. The van der Waals surface area contributed by atoms with Gasteiger partial charge in [0.1, 0.15) is 19.4 Å². The van der Waals surface area contributed by atoms with Crippen LogP contribution >= 0.6 is 0 Å². The number of rotatable bonds is 10. The van der Waals surface area contributed by atoms with Crippen molar-refractivity contribution in [1.82, 2.24) is 19.5 Å². The highest BCUT2D eigenvalue weighted by Gasteiger charge is 2.17. The molecule has 2 aromatic rings. The van der Waals surface area contributed by atoms with E-state index >= 15 is 0 Å². The van der Waals surface area contributed by atoms with Gasteiger partial charge in [-0.3, -0.25) is 9.36 Å². The third-order valence-corrected chi connectivity index (χ3v) is 3.33. The van der Waals surface area contributed by atoms with Gasteiger partial charge in [-0.05, 0) is 27.7 Å². The molecule has 0 fully saturated rings. The van der Waals surface area contributed by atoms with E-state index in [-0.39, 0.29) is 44.1 Å². The lowest BCUT2D eigenvalue weighted by atomic mass is 10.4. The molecule has 27 heavy (non-hydrogen) atoms. The number of hydrogen-bond acceptors (Lipinski definition) is 9. The van der Waals surface area contributed by atoms with Crippen molar-refractivity contribution in [3.05, 3.63) is 6.33 Å². The molecule has 0 bridgehead atoms. The van der Waals surface area contributed by atoms with E-state index in [0.717, 1.165) is 0 Å². The quantitative estimate of drug-likeness (QED) is 0.610. The Morgan fingerprint density at radius 2 is 1.89 bits per heavy atom. The van der Waals surface area contributed by atoms with E-state index in [9.17, 15) is 4.79 Å². The van der Waals surface area contributed by atoms with Crippen LogP contribution in [0.25, 0.3) is 11.2 Å². The summed E-state index contributed by atoms with van der Waals surface area (Å²) in [5, 5.41) is 0. The van der Waals surface area contributed by atoms with Crippen molar-refractivity contribution in [2.45, 2.75) is 59.7 Å². The third kappa shape index (κ3) is 6.33. The van der Waals surface area contributed by atoms with E-state index in [0.29, 0.717) is 17.0 Å². The summed E-state index contributed by atoms with van der Waals surface area (Å²) in [7, 11) is 0. The van der Waals surface area contributed by atoms with Gasteiger partial charge >= 0.3 is 5.97 Å². The minimum absolute atomic E-state index is 0.0331. The first-order valence-electron chi connectivity index (χ1n) is 8.77. The van der Waals surface area contributed by atoms with Gasteiger partial charge in [0.15, 0.2) is 11.2 Å². The SMILES string of the molecule is CC(=O)OCC(COC(C)C)OCn1cnc2c(OC(C)C)nc(N)nc21. The highest BCUT2D eigenvalue weighted by molar-refractivity contribution is 5.77. The zero-order valence-corrected chi connectivity index (χ0v) is 16.3. The molecule has 10 nitrogen and oxygen atoms in total. The van der Waals surface area contributed by atoms with Crippen LogP contribution in [0.15, 0.2) is 6.33 Å². The molecular weight excluding hydrogens is 354 g/mol. The summed E-state index contributed by atoms with van der Waals surface area (Å²) in [6, 6.07) is 0. The van der Waals surface area contributed by atoms with Crippen LogP contribution in [0.5, 0.6) is 5.88 Å². The molecule has 150 valence electrons. The van der Waals surface area contributed by atoms with E-state index in [1.165, 1.54) is 6.92 Å². The molecule has 0 spiro atoms. The Morgan fingerprint density at radius 3 is 2.52 bits per heavy atom. The molecule has 0 saturated heterocycles. The number of carbonyl (C=O) groups excluding carboxylic acids is 1. The lowest BCUT2D eigenvalue weighted by Crippen LogP contribution is -2.29. The maximum atomic E-state index is 11.1. The maximum Gasteiger partial charge on any atom is 0.302 e. The molecule has 2 N–H and O–H groups in total. The van der Waals surface area contributed by atoms with Crippen LogP contribution in [-0.2, 0) is 25.7 Å². The standard InChI is InChI=1S/C17H27N5O5/c1-10(2)24-6-13(7-25-12(5)23)26-9-22-8-19-14-15(22)20-17(18)21-16(14)27-11(3)4/h8,10-11,13H,6-7,9H2,1-5H3,(H2,18,20,21). The Morgan fingerprint density at radius 1 is 1.15 bits per heavy atom. The van der Waals surface area contributed by atoms with Crippen molar-refractivity contribution in [3.8, 4) is 5.88 Å². The molecule has 2 aromatic heterocycles. The van der Waals surface area contributed by atoms with Crippen LogP contribution < -0.4 is 10.5 Å². The van der Waals surface area contributed by atoms with Crippen LogP contribution in [-0.4, -0.2) is 57.0 Å². The molecule has 0 aliphatic rings. The van der Waals surface area contributed by atoms with Gasteiger partial charge in [0.05, 0.1) is 25.1 Å². The van der Waals surface area contributed by atoms with Crippen molar-refractivity contribution in [1.29, 1.82) is 0 Å². The summed E-state index contributed by atoms with van der Waals surface area (Å²) >= 11 is 0. The molecule has 0 aromatic carbocycles. The Bertz CT molecular complexity index is 761. The fourth-order valence-corrected chi connectivity index (χ4v) is 2.17. The number of nitrogen functional groups attached to an aromatic ring is 1. The third-order valence-electron chi connectivity index (χ3n) is 3.33. The summed E-state index contributed by atoms with van der Waals surface area (Å²) in [6.07, 6.45) is 1.09. The topological polar surface area (TPSA) is 124 Å². The van der Waals surface area contributed by atoms with Crippen molar-refractivity contribution < 1.29 is 23.7 Å². The second kappa shape index (κ2) is 9.47. The molecule has 0 saturated carbocycles. The normalized spacial score (nSPS) is 12.7. The second-order valence-corrected chi connectivity index (χ2v) is 6.54. The summed E-state index contributed by atoms with van der Waals surface area (Å²) in [6.45, 7) is 9.46. The monoisotopic (exact) mass is 381 g/mol. The number of anilines is 1. The Balaban J connectivity index is 2.13. The number of nitrogens with zero attached hydrogens (tertiary/aromatic N) is 4. The molecule has 0 aliphatic carbocycles. The molecule has 1 atom stereocenters. The number of imidazole rings is 1. The van der Waals surface area contributed by atoms with Crippen LogP contribution in [0.4, 0.5) is 5.95 Å². The first kappa shape index (κ1) is 20.8. The van der Waals surface area contributed by atoms with Crippen LogP contribution in [0.3, 0.4) is 0 Å². The van der Waals surface area contributed by atoms with Crippen molar-refractivity contribution in [3.63, 3.8) is 0 Å². The smallest absolute Gasteiger partial charge is 0.302 e. The van der Waals surface area contributed by atoms with Gasteiger partial charge in [-0.25, -0.2) is 4.98 Å². The fourth-order valence-electron chi connectivity index (χ4n) is 2.17. The van der Waals surface area contributed by atoms with E-state index in [4.69, 9.17) is 24.7 Å². The number of aromatic nitrogens is 4. The van der Waals surface area contributed by atoms with Crippen LogP contribution in [0, 0.1) is 0 Å². The zero-order chi connectivity index (χ0) is 20.0. The highest BCUT2D eigenvalue weighted by atomic mass is 16.6. The van der Waals surface area contributed by atoms with Gasteiger partial charge in [-0.15, -0.1) is 0 Å². The summed E-state index contributed by atoms with van der Waals surface area (Å²) < 4.78 is 23.8. The predicted molar refractivity (Wildman–Crippen MR) is 98.1 cm³/mol. The molecule has 0 aliphatic heterocycles. The minimum atomic E-state index is -0.431. The average molecular weight is 381 g/mol. The van der Waals surface area contributed by atoms with Crippen molar-refractivity contribution in [2.24, 2.45) is 0 Å². The lowest BCUT2D eigenvalue weighted by Gasteiger charge is -2.19. The number of hydrogen-bond donors (Lipinski definition) is 1. The maximum absolute atomic E-state index is 11.1. The van der Waals surface area contributed by atoms with Crippen LogP contribution in [0.2, 0.25) is 0 Å². The predicted octanol–water partition coefficient (Wildman–Crippen LogP) is 1.53. The molecule has 2 heterocycles. The van der Waals surface area contributed by atoms with Gasteiger partial charge in [-0.2, -0.15) is 9.97 Å². The van der Waals surface area contributed by atoms with Gasteiger partial charge in [0.25, 0.3) is 0 Å². The zero-order valence-electron chi connectivity index (χ0n) is 16.3. The Kier molecular flexibility index (Phi) is 7.31. The summed E-state index contributed by atoms with van der Waals surface area (Å²) in [5.41, 5.74) is 6.78. The second-order valence-electron chi connectivity index (χ2n) is 6.54. The number of fused-ring (bicyclic) bond motifs is 1. The lowest BCUT2D eigenvalue weighted by molar-refractivity contribution is -0.149. The van der Waals surface area contributed by atoms with Crippen molar-refractivity contribution >= 4 is 23.1 Å². The number of ether oxygens (including phenoxy) is 4. The van der Waals surface area contributed by atoms with Gasteiger partial charge in [0, 0.05) is 6.92 Å². The first-order chi connectivity index (χ1) is 12.8. The molecule has 0 radical (unpaired) electrons. The Hall–Kier alpha value is -2.46. The minimum Gasteiger partial charge on any atom is -0.473 e. The molecule has 10 heteroatoms. The summed E-state index contributed by atoms with van der Waals surface area (Å²) in [4.78, 5) is 23.7. The van der Waals surface area contributed by atoms with E-state index in [2.05, 4.69) is 15.0 Å². The van der Waals surface area contributed by atoms with Crippen molar-refractivity contribution in [2.75, 3.05) is 18.9 Å². The van der Waals surface area contributed by atoms with Gasteiger partial charge in [-0.1, -0.05) is 0 Å². The first-order valence-corrected chi connectivity index (χ1v) is 8.77. The number of nitrogens with two attached hydrogens (primary N) is 1. The molecule has 0 amide bonds. The molecule has 2 rings (SSSR count). The summed E-state index contributed by atoms with van der Waals surface area (Å²) in [5.74, 6) is 0.0302. The number of carbonyl (C=O) groups is 1. The largest absolute Gasteiger partial charge is 0.473 e. The van der Waals surface area contributed by atoms with Gasteiger partial charge < -0.3 is 24.7 Å². The highest BCUT2D eigenvalue weighted by Crippen LogP contribution is 2.23. The van der Waals surface area contributed by atoms with Crippen LogP contribution in [0.1, 0.15) is 34.6 Å². The fraction of sp³-hybridized carbons (Fsp3) is 0.647.